The summed E-state index contributed by atoms with van der Waals surface area (Å²) < 4.78 is 10.4. The molecule has 2 aliphatic rings. The number of hydrogen-bond donors (Lipinski definition) is 0. The van der Waals surface area contributed by atoms with Crippen molar-refractivity contribution >= 4 is 28.8 Å². The molecule has 28 heavy (non-hydrogen) atoms. The molecule has 1 aromatic heterocycles. The number of ether oxygens (including phenoxy) is 1. The van der Waals surface area contributed by atoms with Gasteiger partial charge < -0.3 is 9.15 Å². The van der Waals surface area contributed by atoms with E-state index in [0.717, 1.165) is 36.6 Å². The molecule has 4 rings (SSSR count). The number of aryl methyl sites for hydroxylation is 1. The Bertz CT molecular complexity index is 999. The van der Waals surface area contributed by atoms with E-state index >= 15 is 0 Å². The van der Waals surface area contributed by atoms with E-state index in [-0.39, 0.29) is 42.4 Å². The smallest absolute Gasteiger partial charge is 0.336 e. The van der Waals surface area contributed by atoms with E-state index in [1.165, 1.54) is 17.0 Å². The molecule has 0 spiro atoms. The Hall–Kier alpha value is -2.96. The van der Waals surface area contributed by atoms with Gasteiger partial charge in [0.15, 0.2) is 0 Å². The molecule has 2 heterocycles. The molecule has 7 nitrogen and oxygen atoms in total. The molecule has 1 saturated heterocycles. The zero-order valence-electron chi connectivity index (χ0n) is 15.6. The van der Waals surface area contributed by atoms with E-state index in [2.05, 4.69) is 0 Å². The summed E-state index contributed by atoms with van der Waals surface area (Å²) in [5.41, 5.74) is 0.641. The van der Waals surface area contributed by atoms with Gasteiger partial charge in [0.25, 0.3) is 0 Å². The molecule has 0 radical (unpaired) electrons. The third kappa shape index (κ3) is 3.32. The molecule has 2 fully saturated rings. The Morgan fingerprint density at radius 3 is 2.46 bits per heavy atom. The molecule has 1 aromatic carbocycles. The zero-order chi connectivity index (χ0) is 19.8. The van der Waals surface area contributed by atoms with Crippen LogP contribution in [0.1, 0.15) is 37.7 Å². The summed E-state index contributed by atoms with van der Waals surface area (Å²) in [6.45, 7) is 1.83. The van der Waals surface area contributed by atoms with Crippen LogP contribution in [0.2, 0.25) is 0 Å². The zero-order valence-corrected chi connectivity index (χ0v) is 15.6. The molecule has 0 bridgehead atoms. The summed E-state index contributed by atoms with van der Waals surface area (Å²) in [7, 11) is 0. The monoisotopic (exact) mass is 383 g/mol. The van der Waals surface area contributed by atoms with Crippen molar-refractivity contribution in [3.05, 3.63) is 40.2 Å². The molecule has 0 N–H and O–H groups in total. The van der Waals surface area contributed by atoms with E-state index in [1.54, 1.807) is 19.1 Å². The fourth-order valence-electron chi connectivity index (χ4n) is 4.21. The van der Waals surface area contributed by atoms with E-state index in [0.29, 0.717) is 5.58 Å². The van der Waals surface area contributed by atoms with Gasteiger partial charge in [0, 0.05) is 24.1 Å². The lowest BCUT2D eigenvalue weighted by molar-refractivity contribution is -0.141. The second-order valence-electron chi connectivity index (χ2n) is 7.46. The highest BCUT2D eigenvalue weighted by Crippen LogP contribution is 2.38. The highest BCUT2D eigenvalue weighted by molar-refractivity contribution is 6.05. The van der Waals surface area contributed by atoms with Crippen molar-refractivity contribution in [1.82, 2.24) is 4.90 Å². The first kappa shape index (κ1) is 18.4. The van der Waals surface area contributed by atoms with Crippen LogP contribution < -0.4 is 10.4 Å². The molecule has 1 saturated carbocycles. The maximum atomic E-state index is 12.4. The molecular formula is C21H21NO6. The van der Waals surface area contributed by atoms with E-state index in [9.17, 15) is 19.2 Å². The summed E-state index contributed by atoms with van der Waals surface area (Å²) in [4.78, 5) is 49.8. The Morgan fingerprint density at radius 1 is 1.11 bits per heavy atom. The Balaban J connectivity index is 1.41. The lowest BCUT2D eigenvalue weighted by Gasteiger charge is -2.19. The standard InChI is InChI=1S/C21H21NO6/c1-12-10-19(24)28-17-11-13(6-7-14(12)17)27-18(23)8-9-22-20(25)15-4-2-3-5-16(15)21(22)26/h6-7,10-11,15-16H,2-5,8-9H2,1H3. The maximum absolute atomic E-state index is 12.4. The van der Waals surface area contributed by atoms with Crippen LogP contribution in [0.15, 0.2) is 33.5 Å². The number of carbonyl (C=O) groups is 3. The molecule has 1 aliphatic carbocycles. The molecule has 1 aliphatic heterocycles. The van der Waals surface area contributed by atoms with Gasteiger partial charge in [-0.3, -0.25) is 19.3 Å². The predicted octanol–water partition coefficient (Wildman–Crippen LogP) is 2.57. The molecule has 146 valence electrons. The molecule has 2 atom stereocenters. The third-order valence-electron chi connectivity index (χ3n) is 5.63. The highest BCUT2D eigenvalue weighted by Gasteiger charge is 2.47. The topological polar surface area (TPSA) is 93.9 Å². The fourth-order valence-corrected chi connectivity index (χ4v) is 4.21. The first-order valence-electron chi connectivity index (χ1n) is 9.54. The third-order valence-corrected chi connectivity index (χ3v) is 5.63. The number of imide groups is 1. The molecular weight excluding hydrogens is 362 g/mol. The van der Waals surface area contributed by atoms with Gasteiger partial charge in [0.05, 0.1) is 18.3 Å². The van der Waals surface area contributed by atoms with Crippen molar-refractivity contribution in [1.29, 1.82) is 0 Å². The van der Waals surface area contributed by atoms with Crippen molar-refractivity contribution in [3.8, 4) is 5.75 Å². The second kappa shape index (κ2) is 7.22. The number of benzene rings is 1. The number of fused-ring (bicyclic) bond motifs is 2. The molecule has 2 aromatic rings. The van der Waals surface area contributed by atoms with Gasteiger partial charge in [-0.05, 0) is 37.5 Å². The average molecular weight is 383 g/mol. The van der Waals surface area contributed by atoms with Crippen LogP contribution in [0.3, 0.4) is 0 Å². The molecule has 2 amide bonds. The van der Waals surface area contributed by atoms with Gasteiger partial charge in [-0.2, -0.15) is 0 Å². The van der Waals surface area contributed by atoms with Gasteiger partial charge >= 0.3 is 11.6 Å². The van der Waals surface area contributed by atoms with Crippen molar-refractivity contribution in [2.45, 2.75) is 39.0 Å². The Labute approximate surface area is 161 Å². The maximum Gasteiger partial charge on any atom is 0.336 e. The Morgan fingerprint density at radius 2 is 1.79 bits per heavy atom. The first-order chi connectivity index (χ1) is 13.4. The summed E-state index contributed by atoms with van der Waals surface area (Å²) in [6, 6.07) is 6.22. The van der Waals surface area contributed by atoms with Crippen LogP contribution in [-0.4, -0.2) is 29.2 Å². The minimum Gasteiger partial charge on any atom is -0.426 e. The normalized spacial score (nSPS) is 21.8. The lowest BCUT2D eigenvalue weighted by atomic mass is 9.81. The largest absolute Gasteiger partial charge is 0.426 e. The minimum atomic E-state index is -0.551. The SMILES string of the molecule is Cc1cc(=O)oc2cc(OC(=O)CCN3C(=O)C4CCCCC4C3=O)ccc12. The van der Waals surface area contributed by atoms with E-state index in [4.69, 9.17) is 9.15 Å². The number of rotatable bonds is 4. The van der Waals surface area contributed by atoms with Crippen LogP contribution in [0.25, 0.3) is 11.0 Å². The van der Waals surface area contributed by atoms with Crippen molar-refractivity contribution in [2.75, 3.05) is 6.54 Å². The molecule has 2 unspecified atom stereocenters. The van der Waals surface area contributed by atoms with Gasteiger partial charge in [-0.1, -0.05) is 12.8 Å². The number of carbonyl (C=O) groups excluding carboxylic acids is 3. The van der Waals surface area contributed by atoms with Crippen LogP contribution in [0, 0.1) is 18.8 Å². The van der Waals surface area contributed by atoms with E-state index < -0.39 is 11.6 Å². The summed E-state index contributed by atoms with van der Waals surface area (Å²) in [5, 5.41) is 0.760. The first-order valence-corrected chi connectivity index (χ1v) is 9.54. The van der Waals surface area contributed by atoms with Gasteiger partial charge in [-0.25, -0.2) is 4.79 Å². The van der Waals surface area contributed by atoms with Crippen LogP contribution in [-0.2, 0) is 14.4 Å². The molecule has 7 heteroatoms. The summed E-state index contributed by atoms with van der Waals surface area (Å²) in [5.74, 6) is -1.06. The van der Waals surface area contributed by atoms with Crippen molar-refractivity contribution in [3.63, 3.8) is 0 Å². The summed E-state index contributed by atoms with van der Waals surface area (Å²) >= 11 is 0. The quantitative estimate of drug-likeness (QED) is 0.349. The fraction of sp³-hybridized carbons (Fsp3) is 0.429. The minimum absolute atomic E-state index is 0.0330. The summed E-state index contributed by atoms with van der Waals surface area (Å²) in [6.07, 6.45) is 3.35. The second-order valence-corrected chi connectivity index (χ2v) is 7.46. The number of esters is 1. The van der Waals surface area contributed by atoms with Crippen molar-refractivity contribution < 1.29 is 23.5 Å². The number of nitrogens with zero attached hydrogens (tertiary/aromatic N) is 1. The van der Waals surface area contributed by atoms with Gasteiger partial charge in [0.2, 0.25) is 11.8 Å². The number of likely N-dealkylation sites (tertiary alicyclic amines) is 1. The predicted molar refractivity (Wildman–Crippen MR) is 99.6 cm³/mol. The van der Waals surface area contributed by atoms with Crippen LogP contribution >= 0.6 is 0 Å². The lowest BCUT2D eigenvalue weighted by Crippen LogP contribution is -2.33. The van der Waals surface area contributed by atoms with Gasteiger partial charge in [0.1, 0.15) is 11.3 Å². The van der Waals surface area contributed by atoms with Crippen molar-refractivity contribution in [2.24, 2.45) is 11.8 Å². The number of hydrogen-bond acceptors (Lipinski definition) is 6. The van der Waals surface area contributed by atoms with Gasteiger partial charge in [-0.15, -0.1) is 0 Å². The highest BCUT2D eigenvalue weighted by atomic mass is 16.5. The van der Waals surface area contributed by atoms with E-state index in [1.807, 2.05) is 0 Å². The Kier molecular flexibility index (Phi) is 4.75. The van der Waals surface area contributed by atoms with Crippen LogP contribution in [0.5, 0.6) is 5.75 Å². The number of amides is 2. The average Bonchev–Trinajstić information content (AvgIpc) is 2.90. The van der Waals surface area contributed by atoms with Crippen LogP contribution in [0.4, 0.5) is 0 Å².